The van der Waals surface area contributed by atoms with Crippen molar-refractivity contribution in [2.45, 2.75) is 44.6 Å². The summed E-state index contributed by atoms with van der Waals surface area (Å²) in [5.41, 5.74) is 1.07. The molecule has 0 bridgehead atoms. The minimum atomic E-state index is -0.512. The molecule has 1 aromatic carbocycles. The van der Waals surface area contributed by atoms with E-state index in [4.69, 9.17) is 4.74 Å². The molecular weight excluding hydrogens is 276 g/mol. The molecular formula is C18H20N2O2. The van der Waals surface area contributed by atoms with E-state index in [0.717, 1.165) is 24.0 Å². The molecule has 1 N–H and O–H groups in total. The van der Waals surface area contributed by atoms with Gasteiger partial charge in [0.2, 0.25) is 0 Å². The summed E-state index contributed by atoms with van der Waals surface area (Å²) in [7, 11) is 0. The molecule has 114 valence electrons. The van der Waals surface area contributed by atoms with E-state index in [1.54, 1.807) is 0 Å². The van der Waals surface area contributed by atoms with Gasteiger partial charge in [-0.15, -0.1) is 0 Å². The monoisotopic (exact) mass is 296 g/mol. The number of carbonyl (C=O) groups excluding carboxylic acids is 1. The summed E-state index contributed by atoms with van der Waals surface area (Å²) in [6, 6.07) is 10.1. The third-order valence-electron chi connectivity index (χ3n) is 3.33. The van der Waals surface area contributed by atoms with Crippen LogP contribution in [-0.2, 0) is 10.2 Å². The van der Waals surface area contributed by atoms with E-state index >= 15 is 0 Å². The second-order valence-corrected chi connectivity index (χ2v) is 6.43. The minimum absolute atomic E-state index is 0.225. The number of nitrogens with one attached hydrogen (secondary N) is 1. The Balaban J connectivity index is 1.92. The van der Waals surface area contributed by atoms with Crippen LogP contribution in [0.2, 0.25) is 0 Å². The van der Waals surface area contributed by atoms with Crippen molar-refractivity contribution in [3.8, 4) is 17.9 Å². The fourth-order valence-corrected chi connectivity index (χ4v) is 2.06. The zero-order valence-corrected chi connectivity index (χ0v) is 13.2. The van der Waals surface area contributed by atoms with Crippen LogP contribution in [0.1, 0.15) is 44.7 Å². The van der Waals surface area contributed by atoms with Gasteiger partial charge in [-0.05, 0) is 51.3 Å². The van der Waals surface area contributed by atoms with E-state index in [2.05, 4.69) is 23.2 Å². The number of carbonyl (C=O) groups is 1. The maximum atomic E-state index is 11.5. The van der Waals surface area contributed by atoms with Gasteiger partial charge < -0.3 is 10.1 Å². The zero-order chi connectivity index (χ0) is 16.2. The SMILES string of the molecule is CC(C)(C)OC(=O)NCC#Cc1cccc(C2(C#N)CC2)c1. The Morgan fingerprint density at radius 3 is 2.73 bits per heavy atom. The standard InChI is InChI=1S/C18H20N2O2/c1-17(2,3)22-16(21)20-11-5-7-14-6-4-8-15(12-14)18(13-19)9-10-18/h4,6,8,12H,9-11H2,1-3H3,(H,20,21). The van der Waals surface area contributed by atoms with Crippen molar-refractivity contribution in [2.75, 3.05) is 6.54 Å². The molecule has 1 aliphatic carbocycles. The van der Waals surface area contributed by atoms with Crippen molar-refractivity contribution in [1.82, 2.24) is 5.32 Å². The number of nitrogens with zero attached hydrogens (tertiary/aromatic N) is 1. The summed E-state index contributed by atoms with van der Waals surface area (Å²) in [6.45, 7) is 5.66. The Hall–Kier alpha value is -2.46. The van der Waals surface area contributed by atoms with Gasteiger partial charge in [0.15, 0.2) is 0 Å². The molecule has 22 heavy (non-hydrogen) atoms. The quantitative estimate of drug-likeness (QED) is 0.853. The highest BCUT2D eigenvalue weighted by molar-refractivity contribution is 5.68. The molecule has 1 aromatic rings. The van der Waals surface area contributed by atoms with Gasteiger partial charge in [0.05, 0.1) is 18.0 Å². The predicted octanol–water partition coefficient (Wildman–Crippen LogP) is 3.12. The van der Waals surface area contributed by atoms with E-state index < -0.39 is 11.7 Å². The molecule has 0 spiro atoms. The molecule has 1 aliphatic rings. The van der Waals surface area contributed by atoms with Gasteiger partial charge in [0, 0.05) is 5.56 Å². The lowest BCUT2D eigenvalue weighted by Gasteiger charge is -2.19. The largest absolute Gasteiger partial charge is 0.444 e. The first-order valence-corrected chi connectivity index (χ1v) is 7.32. The highest BCUT2D eigenvalue weighted by Gasteiger charge is 2.44. The Morgan fingerprint density at radius 1 is 1.41 bits per heavy atom. The maximum Gasteiger partial charge on any atom is 0.408 e. The molecule has 4 heteroatoms. The van der Waals surface area contributed by atoms with Crippen molar-refractivity contribution < 1.29 is 9.53 Å². The number of rotatable bonds is 2. The van der Waals surface area contributed by atoms with Crippen LogP contribution in [-0.4, -0.2) is 18.2 Å². The lowest BCUT2D eigenvalue weighted by Crippen LogP contribution is -2.32. The van der Waals surface area contributed by atoms with E-state index in [0.29, 0.717) is 0 Å². The number of nitriles is 1. The topological polar surface area (TPSA) is 62.1 Å². The van der Waals surface area contributed by atoms with Gasteiger partial charge in [-0.25, -0.2) is 4.79 Å². The van der Waals surface area contributed by atoms with Gasteiger partial charge in [-0.1, -0.05) is 24.0 Å². The van der Waals surface area contributed by atoms with Crippen molar-refractivity contribution in [3.05, 3.63) is 35.4 Å². The molecule has 0 unspecified atom stereocenters. The van der Waals surface area contributed by atoms with E-state index in [-0.39, 0.29) is 12.0 Å². The number of amides is 1. The molecule has 0 aliphatic heterocycles. The highest BCUT2D eigenvalue weighted by Crippen LogP contribution is 2.47. The van der Waals surface area contributed by atoms with Gasteiger partial charge in [-0.2, -0.15) is 5.26 Å². The fraction of sp³-hybridized carbons (Fsp3) is 0.444. The molecule has 0 saturated heterocycles. The predicted molar refractivity (Wildman–Crippen MR) is 84.1 cm³/mol. The van der Waals surface area contributed by atoms with Crippen LogP contribution in [0.15, 0.2) is 24.3 Å². The first-order valence-electron chi connectivity index (χ1n) is 7.32. The summed E-state index contributed by atoms with van der Waals surface area (Å²) >= 11 is 0. The number of ether oxygens (including phenoxy) is 1. The smallest absolute Gasteiger partial charge is 0.408 e. The average molecular weight is 296 g/mol. The van der Waals surface area contributed by atoms with Crippen LogP contribution >= 0.6 is 0 Å². The first kappa shape index (κ1) is 15.9. The van der Waals surface area contributed by atoms with Gasteiger partial charge in [0.1, 0.15) is 5.60 Å². The normalized spacial score (nSPS) is 15.0. The van der Waals surface area contributed by atoms with Crippen LogP contribution < -0.4 is 5.32 Å². The number of hydrogen-bond donors (Lipinski definition) is 1. The third-order valence-corrected chi connectivity index (χ3v) is 3.33. The Kier molecular flexibility index (Phi) is 4.43. The Labute approximate surface area is 131 Å². The molecule has 0 radical (unpaired) electrons. The van der Waals surface area contributed by atoms with Crippen LogP contribution in [0.3, 0.4) is 0 Å². The lowest BCUT2D eigenvalue weighted by atomic mass is 9.96. The Morgan fingerprint density at radius 2 is 2.14 bits per heavy atom. The van der Waals surface area contributed by atoms with Crippen molar-refractivity contribution >= 4 is 6.09 Å². The van der Waals surface area contributed by atoms with E-state index in [9.17, 15) is 10.1 Å². The van der Waals surface area contributed by atoms with Crippen LogP contribution in [0, 0.1) is 23.2 Å². The number of hydrogen-bond acceptors (Lipinski definition) is 3. The number of alkyl carbamates (subject to hydrolysis) is 1. The van der Waals surface area contributed by atoms with Crippen LogP contribution in [0.4, 0.5) is 4.79 Å². The van der Waals surface area contributed by atoms with Crippen LogP contribution in [0.5, 0.6) is 0 Å². The van der Waals surface area contributed by atoms with Crippen molar-refractivity contribution in [3.63, 3.8) is 0 Å². The average Bonchev–Trinajstić information content (AvgIpc) is 3.23. The van der Waals surface area contributed by atoms with Crippen LogP contribution in [0.25, 0.3) is 0 Å². The maximum absolute atomic E-state index is 11.5. The highest BCUT2D eigenvalue weighted by atomic mass is 16.6. The Bertz CT molecular complexity index is 665. The second kappa shape index (κ2) is 6.12. The van der Waals surface area contributed by atoms with Crippen molar-refractivity contribution in [2.24, 2.45) is 0 Å². The summed E-state index contributed by atoms with van der Waals surface area (Å²) in [5, 5.41) is 11.8. The van der Waals surface area contributed by atoms with E-state index in [1.807, 2.05) is 45.0 Å². The summed E-state index contributed by atoms with van der Waals surface area (Å²) < 4.78 is 5.12. The molecule has 1 fully saturated rings. The first-order chi connectivity index (χ1) is 10.3. The zero-order valence-electron chi connectivity index (χ0n) is 13.2. The third kappa shape index (κ3) is 4.27. The molecule has 2 rings (SSSR count). The molecule has 0 aromatic heterocycles. The van der Waals surface area contributed by atoms with Gasteiger partial charge in [-0.3, -0.25) is 0 Å². The lowest BCUT2D eigenvalue weighted by molar-refractivity contribution is 0.0535. The molecule has 1 saturated carbocycles. The van der Waals surface area contributed by atoms with E-state index in [1.165, 1.54) is 0 Å². The summed E-state index contributed by atoms with van der Waals surface area (Å²) in [5.74, 6) is 5.89. The number of benzene rings is 1. The molecule has 0 heterocycles. The fourth-order valence-electron chi connectivity index (χ4n) is 2.06. The second-order valence-electron chi connectivity index (χ2n) is 6.43. The minimum Gasteiger partial charge on any atom is -0.444 e. The molecule has 0 atom stereocenters. The van der Waals surface area contributed by atoms with Gasteiger partial charge in [0.25, 0.3) is 0 Å². The van der Waals surface area contributed by atoms with Gasteiger partial charge >= 0.3 is 6.09 Å². The van der Waals surface area contributed by atoms with Crippen molar-refractivity contribution in [1.29, 1.82) is 5.26 Å². The molecule has 1 amide bonds. The summed E-state index contributed by atoms with van der Waals surface area (Å²) in [4.78, 5) is 11.5. The molecule has 4 nitrogen and oxygen atoms in total. The summed E-state index contributed by atoms with van der Waals surface area (Å²) in [6.07, 6.45) is 1.36.